The van der Waals surface area contributed by atoms with Crippen LogP contribution in [0, 0.1) is 0 Å². The van der Waals surface area contributed by atoms with Gasteiger partial charge >= 0.3 is 11.9 Å². The average Bonchev–Trinajstić information content (AvgIpc) is 3.12. The minimum atomic E-state index is -4.59. The van der Waals surface area contributed by atoms with Gasteiger partial charge in [-0.2, -0.15) is 8.42 Å². The molecule has 1 fully saturated rings. The predicted molar refractivity (Wildman–Crippen MR) is 206 cm³/mol. The Kier molecular flexibility index (Phi) is 29.4. The standard InChI is InChI=1S/C40H74O12S/c1-3-5-7-9-11-13-15-16-17-19-21-23-25-27-29-36(42)51-33(30-49-35(41)28-26-24-22-20-18-14-12-10-8-6-4-2)31-50-40-39(45)38(44)37(43)34(52-40)32-53(46,47)48/h15-16,33-34,37-40,43-45H,3-14,17-32H2,1-2H3,(H,46,47,48)/b16-15-. The summed E-state index contributed by atoms with van der Waals surface area (Å²) in [5.74, 6) is -1.99. The third-order valence-electron chi connectivity index (χ3n) is 9.60. The van der Waals surface area contributed by atoms with Gasteiger partial charge in [-0.25, -0.2) is 0 Å². The lowest BCUT2D eigenvalue weighted by Crippen LogP contribution is -2.60. The first kappa shape index (κ1) is 49.4. The molecule has 6 unspecified atom stereocenters. The Morgan fingerprint density at radius 2 is 1.08 bits per heavy atom. The summed E-state index contributed by atoms with van der Waals surface area (Å²) >= 11 is 0. The van der Waals surface area contributed by atoms with Crippen LogP contribution in [0.25, 0.3) is 0 Å². The van der Waals surface area contributed by atoms with Gasteiger partial charge in [0.15, 0.2) is 12.4 Å². The van der Waals surface area contributed by atoms with Crippen molar-refractivity contribution in [2.24, 2.45) is 0 Å². The summed E-state index contributed by atoms with van der Waals surface area (Å²) in [7, 11) is -4.59. The fourth-order valence-electron chi connectivity index (χ4n) is 6.32. The van der Waals surface area contributed by atoms with E-state index >= 15 is 0 Å². The van der Waals surface area contributed by atoms with Crippen molar-refractivity contribution in [2.75, 3.05) is 19.0 Å². The number of ether oxygens (including phenoxy) is 4. The number of hydrogen-bond acceptors (Lipinski definition) is 11. The van der Waals surface area contributed by atoms with Crippen molar-refractivity contribution < 1.29 is 56.8 Å². The maximum absolute atomic E-state index is 12.7. The Morgan fingerprint density at radius 1 is 0.623 bits per heavy atom. The van der Waals surface area contributed by atoms with E-state index in [1.54, 1.807) is 0 Å². The second-order valence-corrected chi connectivity index (χ2v) is 16.2. The second-order valence-electron chi connectivity index (χ2n) is 14.7. The molecule has 1 heterocycles. The summed E-state index contributed by atoms with van der Waals surface area (Å²) in [6, 6.07) is 0. The van der Waals surface area contributed by atoms with Gasteiger partial charge in [0.1, 0.15) is 36.8 Å². The summed E-state index contributed by atoms with van der Waals surface area (Å²) in [6.45, 7) is 3.72. The van der Waals surface area contributed by atoms with Gasteiger partial charge in [0.05, 0.1) is 6.61 Å². The molecule has 0 amide bonds. The molecule has 6 atom stereocenters. The van der Waals surface area contributed by atoms with Gasteiger partial charge in [-0.3, -0.25) is 14.1 Å². The van der Waals surface area contributed by atoms with Gasteiger partial charge in [0, 0.05) is 12.8 Å². The fourth-order valence-corrected chi connectivity index (χ4v) is 7.01. The Labute approximate surface area is 320 Å². The Hall–Kier alpha value is -1.61. The number of hydrogen-bond donors (Lipinski definition) is 4. The molecule has 13 heteroatoms. The fraction of sp³-hybridized carbons (Fsp3) is 0.900. The monoisotopic (exact) mass is 778 g/mol. The zero-order valence-electron chi connectivity index (χ0n) is 32.9. The van der Waals surface area contributed by atoms with E-state index < -0.39 is 71.2 Å². The minimum absolute atomic E-state index is 0.158. The van der Waals surface area contributed by atoms with E-state index in [1.165, 1.54) is 77.0 Å². The zero-order valence-corrected chi connectivity index (χ0v) is 33.7. The highest BCUT2D eigenvalue weighted by atomic mass is 32.2. The van der Waals surface area contributed by atoms with E-state index in [0.717, 1.165) is 57.8 Å². The number of carbonyl (C=O) groups excluding carboxylic acids is 2. The Balaban J connectivity index is 2.50. The first-order chi connectivity index (χ1) is 25.5. The molecular formula is C40H74O12S. The van der Waals surface area contributed by atoms with E-state index in [1.807, 2.05) is 0 Å². The number of carbonyl (C=O) groups is 2. The molecule has 1 aliphatic rings. The van der Waals surface area contributed by atoms with E-state index in [-0.39, 0.29) is 19.4 Å². The molecule has 1 rings (SSSR count). The van der Waals surface area contributed by atoms with E-state index in [2.05, 4.69) is 26.0 Å². The highest BCUT2D eigenvalue weighted by Gasteiger charge is 2.46. The van der Waals surface area contributed by atoms with Crippen molar-refractivity contribution in [3.05, 3.63) is 12.2 Å². The molecule has 0 aromatic heterocycles. The molecule has 1 aliphatic heterocycles. The van der Waals surface area contributed by atoms with E-state index in [4.69, 9.17) is 18.9 Å². The number of aliphatic hydroxyl groups is 3. The summed E-state index contributed by atoms with van der Waals surface area (Å²) in [5.41, 5.74) is 0. The van der Waals surface area contributed by atoms with Crippen LogP contribution in [0.1, 0.15) is 174 Å². The van der Waals surface area contributed by atoms with Crippen molar-refractivity contribution in [1.29, 1.82) is 0 Å². The third-order valence-corrected chi connectivity index (χ3v) is 10.3. The maximum Gasteiger partial charge on any atom is 0.306 e. The van der Waals surface area contributed by atoms with Crippen LogP contribution in [0.5, 0.6) is 0 Å². The maximum atomic E-state index is 12.7. The average molecular weight is 779 g/mol. The van der Waals surface area contributed by atoms with Crippen LogP contribution in [0.15, 0.2) is 12.2 Å². The minimum Gasteiger partial charge on any atom is -0.462 e. The molecule has 1 saturated heterocycles. The SMILES string of the molecule is CCCCCCC/C=C\CCCCCCCC(=O)OC(COC(=O)CCCCCCCCCCCCC)COC1OC(CS(=O)(=O)O)C(O)C(O)C1O. The van der Waals surface area contributed by atoms with Crippen LogP contribution in [0.3, 0.4) is 0 Å². The van der Waals surface area contributed by atoms with Crippen molar-refractivity contribution in [3.63, 3.8) is 0 Å². The van der Waals surface area contributed by atoms with Crippen molar-refractivity contribution >= 4 is 22.1 Å². The van der Waals surface area contributed by atoms with Crippen LogP contribution in [-0.2, 0) is 38.7 Å². The molecule has 0 bridgehead atoms. The van der Waals surface area contributed by atoms with Crippen LogP contribution in [-0.4, -0.2) is 96.0 Å². The zero-order chi connectivity index (χ0) is 39.2. The molecule has 0 aliphatic carbocycles. The lowest BCUT2D eigenvalue weighted by Gasteiger charge is -2.40. The van der Waals surface area contributed by atoms with Gasteiger partial charge < -0.3 is 34.3 Å². The normalized spacial score (nSPS) is 21.2. The summed E-state index contributed by atoms with van der Waals surface area (Å²) in [5, 5.41) is 30.8. The first-order valence-corrected chi connectivity index (χ1v) is 22.4. The first-order valence-electron chi connectivity index (χ1n) is 20.7. The molecule has 312 valence electrons. The quantitative estimate of drug-likeness (QED) is 0.0219. The highest BCUT2D eigenvalue weighted by molar-refractivity contribution is 7.85. The molecular weight excluding hydrogens is 704 g/mol. The van der Waals surface area contributed by atoms with E-state index in [9.17, 15) is 37.9 Å². The molecule has 53 heavy (non-hydrogen) atoms. The molecule has 0 aromatic carbocycles. The van der Waals surface area contributed by atoms with Gasteiger partial charge in [0.2, 0.25) is 0 Å². The van der Waals surface area contributed by atoms with E-state index in [0.29, 0.717) is 12.8 Å². The van der Waals surface area contributed by atoms with Gasteiger partial charge in [-0.15, -0.1) is 0 Å². The Bertz CT molecular complexity index is 1050. The van der Waals surface area contributed by atoms with Crippen molar-refractivity contribution in [1.82, 2.24) is 0 Å². The molecule has 0 spiro atoms. The molecule has 12 nitrogen and oxygen atoms in total. The predicted octanol–water partition coefficient (Wildman–Crippen LogP) is 7.50. The number of aliphatic hydroxyl groups excluding tert-OH is 3. The number of esters is 2. The number of rotatable bonds is 34. The number of unbranched alkanes of at least 4 members (excludes halogenated alkanes) is 20. The smallest absolute Gasteiger partial charge is 0.306 e. The van der Waals surface area contributed by atoms with Crippen LogP contribution in [0.4, 0.5) is 0 Å². The topological polar surface area (TPSA) is 186 Å². The second kappa shape index (κ2) is 31.6. The van der Waals surface area contributed by atoms with Gasteiger partial charge in [-0.05, 0) is 38.5 Å². The third kappa shape index (κ3) is 26.8. The highest BCUT2D eigenvalue weighted by Crippen LogP contribution is 2.24. The summed E-state index contributed by atoms with van der Waals surface area (Å²) in [6.07, 6.45) is 21.2. The van der Waals surface area contributed by atoms with Gasteiger partial charge in [-0.1, -0.05) is 135 Å². The summed E-state index contributed by atoms with van der Waals surface area (Å²) < 4.78 is 53.9. The van der Waals surface area contributed by atoms with Crippen LogP contribution >= 0.6 is 0 Å². The van der Waals surface area contributed by atoms with Crippen LogP contribution in [0.2, 0.25) is 0 Å². The van der Waals surface area contributed by atoms with Gasteiger partial charge in [0.25, 0.3) is 10.1 Å². The largest absolute Gasteiger partial charge is 0.462 e. The molecule has 0 saturated carbocycles. The molecule has 4 N–H and O–H groups in total. The lowest BCUT2D eigenvalue weighted by molar-refractivity contribution is -0.297. The molecule has 0 aromatic rings. The van der Waals surface area contributed by atoms with Crippen molar-refractivity contribution in [3.8, 4) is 0 Å². The lowest BCUT2D eigenvalue weighted by atomic mass is 10.00. The van der Waals surface area contributed by atoms with Crippen LogP contribution < -0.4 is 0 Å². The van der Waals surface area contributed by atoms with Crippen molar-refractivity contribution in [2.45, 2.75) is 211 Å². The summed E-state index contributed by atoms with van der Waals surface area (Å²) in [4.78, 5) is 25.3. The number of allylic oxidation sites excluding steroid dienone is 2. The molecule has 0 radical (unpaired) electrons. The Morgan fingerprint density at radius 3 is 1.57 bits per heavy atom.